The van der Waals surface area contributed by atoms with Crippen LogP contribution in [0.25, 0.3) is 11.4 Å². The Morgan fingerprint density at radius 1 is 1.32 bits per heavy atom. The predicted octanol–water partition coefficient (Wildman–Crippen LogP) is 1.07. The van der Waals surface area contributed by atoms with Crippen LogP contribution < -0.4 is 10.2 Å². The molecule has 7 nitrogen and oxygen atoms in total. The number of hydrogen-bond donors (Lipinski definition) is 2. The average Bonchev–Trinajstić information content (AvgIpc) is 2.56. The van der Waals surface area contributed by atoms with Crippen LogP contribution in [0.1, 0.15) is 13.8 Å². The van der Waals surface area contributed by atoms with Gasteiger partial charge in [-0.05, 0) is 18.1 Å². The van der Waals surface area contributed by atoms with Crippen LogP contribution in [0.4, 0.5) is 5.95 Å². The maximum absolute atomic E-state index is 9.80. The predicted molar refractivity (Wildman–Crippen MR) is 83.6 cm³/mol. The van der Waals surface area contributed by atoms with Crippen LogP contribution in [0.5, 0.6) is 5.75 Å². The van der Waals surface area contributed by atoms with Crippen LogP contribution in [-0.4, -0.2) is 50.9 Å². The zero-order valence-electron chi connectivity index (χ0n) is 12.8. The summed E-state index contributed by atoms with van der Waals surface area (Å²) in [5.41, 5.74) is 0.867. The van der Waals surface area contributed by atoms with Gasteiger partial charge >= 0.3 is 0 Å². The van der Waals surface area contributed by atoms with Crippen molar-refractivity contribution in [3.8, 4) is 17.1 Å². The fourth-order valence-electron chi connectivity index (χ4n) is 2.52. The quantitative estimate of drug-likeness (QED) is 0.876. The third-order valence-corrected chi connectivity index (χ3v) is 3.87. The molecule has 3 rings (SSSR count). The molecule has 1 saturated heterocycles. The van der Waals surface area contributed by atoms with Gasteiger partial charge in [0.1, 0.15) is 17.1 Å². The standard InChI is InChI=1S/C15H20N6O/c1-10(2)12-9-21(7-6-16-12)15-18-8-11(19-20-15)14-13(22)4-3-5-17-14/h3-5,8,10,12,16,22H,6-7,9H2,1-2H3/t12-/m1/s1. The van der Waals surface area contributed by atoms with Crippen LogP contribution in [0.2, 0.25) is 0 Å². The average molecular weight is 300 g/mol. The largest absolute Gasteiger partial charge is 0.506 e. The van der Waals surface area contributed by atoms with Crippen molar-refractivity contribution < 1.29 is 5.11 Å². The molecule has 1 aliphatic heterocycles. The smallest absolute Gasteiger partial charge is 0.245 e. The van der Waals surface area contributed by atoms with Gasteiger partial charge in [0.05, 0.1) is 6.20 Å². The van der Waals surface area contributed by atoms with Crippen molar-refractivity contribution in [2.45, 2.75) is 19.9 Å². The van der Waals surface area contributed by atoms with Gasteiger partial charge in [0.25, 0.3) is 0 Å². The Kier molecular flexibility index (Phi) is 4.15. The Labute approximate surface area is 129 Å². The molecule has 3 heterocycles. The Bertz CT molecular complexity index is 630. The van der Waals surface area contributed by atoms with Gasteiger partial charge in [-0.3, -0.25) is 4.98 Å². The Morgan fingerprint density at radius 3 is 2.86 bits per heavy atom. The first-order chi connectivity index (χ1) is 10.6. The van der Waals surface area contributed by atoms with Crippen molar-refractivity contribution in [2.75, 3.05) is 24.5 Å². The van der Waals surface area contributed by atoms with E-state index in [2.05, 4.69) is 44.2 Å². The number of nitrogens with one attached hydrogen (secondary N) is 1. The van der Waals surface area contributed by atoms with E-state index in [9.17, 15) is 5.11 Å². The fraction of sp³-hybridized carbons (Fsp3) is 0.467. The van der Waals surface area contributed by atoms with Crippen LogP contribution in [0.15, 0.2) is 24.5 Å². The van der Waals surface area contributed by atoms with Crippen molar-refractivity contribution in [1.82, 2.24) is 25.5 Å². The van der Waals surface area contributed by atoms with Crippen LogP contribution >= 0.6 is 0 Å². The zero-order chi connectivity index (χ0) is 15.5. The summed E-state index contributed by atoms with van der Waals surface area (Å²) in [5.74, 6) is 1.25. The van der Waals surface area contributed by atoms with Gasteiger partial charge < -0.3 is 15.3 Å². The van der Waals surface area contributed by atoms with Gasteiger partial charge in [-0.15, -0.1) is 10.2 Å². The normalized spacial score (nSPS) is 18.7. The van der Waals surface area contributed by atoms with E-state index >= 15 is 0 Å². The van der Waals surface area contributed by atoms with Gasteiger partial charge in [-0.1, -0.05) is 13.8 Å². The molecular formula is C15H20N6O. The molecule has 0 amide bonds. The molecule has 0 bridgehead atoms. The van der Waals surface area contributed by atoms with Crippen LogP contribution in [0, 0.1) is 5.92 Å². The summed E-state index contributed by atoms with van der Waals surface area (Å²) in [5, 5.41) is 21.7. The van der Waals surface area contributed by atoms with Crippen molar-refractivity contribution >= 4 is 5.95 Å². The minimum Gasteiger partial charge on any atom is -0.506 e. The van der Waals surface area contributed by atoms with Crippen LogP contribution in [0.3, 0.4) is 0 Å². The van der Waals surface area contributed by atoms with Crippen molar-refractivity contribution in [3.63, 3.8) is 0 Å². The van der Waals surface area contributed by atoms with E-state index in [0.29, 0.717) is 29.3 Å². The number of pyridine rings is 1. The molecule has 1 aliphatic rings. The lowest BCUT2D eigenvalue weighted by molar-refractivity contribution is 0.365. The van der Waals surface area contributed by atoms with E-state index in [1.807, 2.05) is 0 Å². The summed E-state index contributed by atoms with van der Waals surface area (Å²) in [6.45, 7) is 7.04. The highest BCUT2D eigenvalue weighted by atomic mass is 16.3. The second-order valence-corrected chi connectivity index (χ2v) is 5.77. The van der Waals surface area contributed by atoms with E-state index in [1.165, 1.54) is 0 Å². The lowest BCUT2D eigenvalue weighted by Crippen LogP contribution is -2.53. The number of hydrogen-bond acceptors (Lipinski definition) is 7. The van der Waals surface area contributed by atoms with Crippen molar-refractivity contribution in [1.29, 1.82) is 0 Å². The third kappa shape index (κ3) is 2.99. The molecule has 1 fully saturated rings. The molecular weight excluding hydrogens is 280 g/mol. The number of rotatable bonds is 3. The summed E-state index contributed by atoms with van der Waals surface area (Å²) >= 11 is 0. The van der Waals surface area contributed by atoms with Crippen LogP contribution in [-0.2, 0) is 0 Å². The highest BCUT2D eigenvalue weighted by molar-refractivity contribution is 5.60. The minimum absolute atomic E-state index is 0.0772. The molecule has 2 aromatic rings. The first-order valence-electron chi connectivity index (χ1n) is 7.47. The number of aromatic nitrogens is 4. The fourth-order valence-corrected chi connectivity index (χ4v) is 2.52. The molecule has 0 unspecified atom stereocenters. The highest BCUT2D eigenvalue weighted by Gasteiger charge is 2.23. The van der Waals surface area contributed by atoms with Gasteiger partial charge in [0, 0.05) is 31.9 Å². The van der Waals surface area contributed by atoms with E-state index in [0.717, 1.165) is 19.6 Å². The summed E-state index contributed by atoms with van der Waals surface area (Å²) < 4.78 is 0. The minimum atomic E-state index is 0.0772. The summed E-state index contributed by atoms with van der Waals surface area (Å²) in [7, 11) is 0. The number of anilines is 1. The molecule has 116 valence electrons. The summed E-state index contributed by atoms with van der Waals surface area (Å²) in [4.78, 5) is 10.6. The number of nitrogens with zero attached hydrogens (tertiary/aromatic N) is 5. The number of piperazine rings is 1. The molecule has 0 saturated carbocycles. The maximum Gasteiger partial charge on any atom is 0.245 e. The first-order valence-corrected chi connectivity index (χ1v) is 7.47. The van der Waals surface area contributed by atoms with Gasteiger partial charge in [0.15, 0.2) is 0 Å². The molecule has 7 heteroatoms. The molecule has 2 aromatic heterocycles. The molecule has 0 spiro atoms. The number of aromatic hydroxyl groups is 1. The Hall–Kier alpha value is -2.28. The Balaban J connectivity index is 1.78. The lowest BCUT2D eigenvalue weighted by Gasteiger charge is -2.35. The highest BCUT2D eigenvalue weighted by Crippen LogP contribution is 2.23. The third-order valence-electron chi connectivity index (χ3n) is 3.87. The molecule has 0 radical (unpaired) electrons. The van der Waals surface area contributed by atoms with E-state index in [1.54, 1.807) is 24.5 Å². The van der Waals surface area contributed by atoms with Gasteiger partial charge in [-0.25, -0.2) is 4.98 Å². The second kappa shape index (κ2) is 6.23. The molecule has 0 aromatic carbocycles. The van der Waals surface area contributed by atoms with E-state index < -0.39 is 0 Å². The lowest BCUT2D eigenvalue weighted by atomic mass is 10.0. The topological polar surface area (TPSA) is 87.1 Å². The molecule has 1 atom stereocenters. The van der Waals surface area contributed by atoms with Gasteiger partial charge in [0.2, 0.25) is 5.95 Å². The Morgan fingerprint density at radius 2 is 2.18 bits per heavy atom. The van der Waals surface area contributed by atoms with E-state index in [4.69, 9.17) is 0 Å². The monoisotopic (exact) mass is 300 g/mol. The molecule has 2 N–H and O–H groups in total. The summed E-state index contributed by atoms with van der Waals surface area (Å²) in [6.07, 6.45) is 3.21. The molecule has 22 heavy (non-hydrogen) atoms. The SMILES string of the molecule is CC(C)[C@H]1CN(c2ncc(-c3ncccc3O)nn2)CCN1. The van der Waals surface area contributed by atoms with Gasteiger partial charge in [-0.2, -0.15) is 0 Å². The second-order valence-electron chi connectivity index (χ2n) is 5.77. The van der Waals surface area contributed by atoms with Crippen molar-refractivity contribution in [3.05, 3.63) is 24.5 Å². The zero-order valence-corrected chi connectivity index (χ0v) is 12.8. The molecule has 0 aliphatic carbocycles. The van der Waals surface area contributed by atoms with E-state index in [-0.39, 0.29) is 5.75 Å². The van der Waals surface area contributed by atoms with Crippen molar-refractivity contribution in [2.24, 2.45) is 5.92 Å². The first kappa shape index (κ1) is 14.6. The maximum atomic E-state index is 9.80. The summed E-state index contributed by atoms with van der Waals surface area (Å²) in [6, 6.07) is 3.67.